The molecule has 0 bridgehead atoms. The maximum absolute atomic E-state index is 12.5. The Morgan fingerprint density at radius 2 is 2.04 bits per heavy atom. The normalized spacial score (nSPS) is 10.7. The SMILES string of the molecule is CCN(C(=O)COC(=O)c1cc(Cl)ccc1N)c1nc2ccccc2s1. The highest BCUT2D eigenvalue weighted by Gasteiger charge is 2.20. The van der Waals surface area contributed by atoms with Crippen molar-refractivity contribution >= 4 is 55.8 Å². The molecule has 0 aliphatic rings. The highest BCUT2D eigenvalue weighted by Crippen LogP contribution is 2.28. The van der Waals surface area contributed by atoms with Crippen LogP contribution in [0.5, 0.6) is 0 Å². The number of nitrogens with two attached hydrogens (primary N) is 1. The van der Waals surface area contributed by atoms with Gasteiger partial charge in [0.2, 0.25) is 0 Å². The molecule has 0 radical (unpaired) electrons. The van der Waals surface area contributed by atoms with Crippen LogP contribution in [0.25, 0.3) is 10.2 Å². The van der Waals surface area contributed by atoms with Crippen molar-refractivity contribution in [1.29, 1.82) is 0 Å². The second-order valence-electron chi connectivity index (χ2n) is 5.41. The molecule has 0 atom stereocenters. The molecule has 6 nitrogen and oxygen atoms in total. The van der Waals surface area contributed by atoms with E-state index in [1.54, 1.807) is 6.07 Å². The number of nitrogens with zero attached hydrogens (tertiary/aromatic N) is 2. The Kier molecular flexibility index (Phi) is 5.39. The van der Waals surface area contributed by atoms with E-state index in [1.165, 1.54) is 28.4 Å². The Bertz CT molecular complexity index is 940. The summed E-state index contributed by atoms with van der Waals surface area (Å²) >= 11 is 7.28. The minimum absolute atomic E-state index is 0.133. The van der Waals surface area contributed by atoms with Crippen LogP contribution in [0.15, 0.2) is 42.5 Å². The maximum Gasteiger partial charge on any atom is 0.340 e. The summed E-state index contributed by atoms with van der Waals surface area (Å²) in [6.07, 6.45) is 0. The van der Waals surface area contributed by atoms with Gasteiger partial charge in [-0.05, 0) is 37.3 Å². The van der Waals surface area contributed by atoms with Gasteiger partial charge in [-0.1, -0.05) is 35.1 Å². The number of benzene rings is 2. The van der Waals surface area contributed by atoms with Gasteiger partial charge in [0.15, 0.2) is 11.7 Å². The molecule has 134 valence electrons. The van der Waals surface area contributed by atoms with Crippen molar-refractivity contribution in [3.63, 3.8) is 0 Å². The van der Waals surface area contributed by atoms with Crippen molar-refractivity contribution in [2.75, 3.05) is 23.8 Å². The number of ether oxygens (including phenoxy) is 1. The summed E-state index contributed by atoms with van der Waals surface area (Å²) in [5, 5.41) is 0.930. The number of carbonyl (C=O) groups is 2. The van der Waals surface area contributed by atoms with Crippen LogP contribution in [-0.2, 0) is 9.53 Å². The Morgan fingerprint density at radius 1 is 1.27 bits per heavy atom. The quantitative estimate of drug-likeness (QED) is 0.530. The molecule has 0 spiro atoms. The van der Waals surface area contributed by atoms with Gasteiger partial charge in [-0.25, -0.2) is 9.78 Å². The van der Waals surface area contributed by atoms with Gasteiger partial charge in [-0.15, -0.1) is 0 Å². The van der Waals surface area contributed by atoms with Crippen molar-refractivity contribution < 1.29 is 14.3 Å². The molecular formula is C18H16ClN3O3S. The van der Waals surface area contributed by atoms with Gasteiger partial charge in [0.1, 0.15) is 0 Å². The Balaban J connectivity index is 1.71. The first-order valence-corrected chi connectivity index (χ1v) is 9.07. The molecule has 1 amide bonds. The van der Waals surface area contributed by atoms with Crippen LogP contribution in [0, 0.1) is 0 Å². The largest absolute Gasteiger partial charge is 0.452 e. The van der Waals surface area contributed by atoms with Crippen LogP contribution in [0.3, 0.4) is 0 Å². The summed E-state index contributed by atoms with van der Waals surface area (Å²) in [5.41, 5.74) is 6.95. The van der Waals surface area contributed by atoms with E-state index in [9.17, 15) is 9.59 Å². The zero-order valence-electron chi connectivity index (χ0n) is 13.9. The number of hydrogen-bond donors (Lipinski definition) is 1. The molecule has 26 heavy (non-hydrogen) atoms. The minimum Gasteiger partial charge on any atom is -0.452 e. The fourth-order valence-electron chi connectivity index (χ4n) is 2.38. The molecule has 0 saturated heterocycles. The van der Waals surface area contributed by atoms with Gasteiger partial charge in [0, 0.05) is 17.3 Å². The zero-order chi connectivity index (χ0) is 18.7. The highest BCUT2D eigenvalue weighted by molar-refractivity contribution is 7.22. The van der Waals surface area contributed by atoms with Gasteiger partial charge in [-0.3, -0.25) is 9.69 Å². The van der Waals surface area contributed by atoms with Crippen LogP contribution in [-0.4, -0.2) is 30.0 Å². The van der Waals surface area contributed by atoms with Crippen LogP contribution in [0.2, 0.25) is 5.02 Å². The summed E-state index contributed by atoms with van der Waals surface area (Å²) in [4.78, 5) is 30.6. The van der Waals surface area contributed by atoms with Crippen LogP contribution >= 0.6 is 22.9 Å². The van der Waals surface area contributed by atoms with Gasteiger partial charge in [0.05, 0.1) is 15.8 Å². The third-order valence-electron chi connectivity index (χ3n) is 3.69. The lowest BCUT2D eigenvalue weighted by molar-refractivity contribution is -0.121. The fourth-order valence-corrected chi connectivity index (χ4v) is 3.60. The number of aromatic nitrogens is 1. The number of anilines is 2. The van der Waals surface area contributed by atoms with E-state index in [0.717, 1.165) is 10.2 Å². The first kappa shape index (κ1) is 18.2. The van der Waals surface area contributed by atoms with Crippen molar-refractivity contribution in [3.05, 3.63) is 53.1 Å². The molecule has 0 saturated carbocycles. The number of likely N-dealkylation sites (N-methyl/N-ethyl adjacent to an activating group) is 1. The van der Waals surface area contributed by atoms with Gasteiger partial charge in [0.25, 0.3) is 5.91 Å². The molecule has 0 fully saturated rings. The molecule has 3 rings (SSSR count). The summed E-state index contributed by atoms with van der Waals surface area (Å²) in [5.74, 6) is -1.06. The smallest absolute Gasteiger partial charge is 0.340 e. The first-order chi connectivity index (χ1) is 12.5. The number of para-hydroxylation sites is 1. The van der Waals surface area contributed by atoms with E-state index >= 15 is 0 Å². The van der Waals surface area contributed by atoms with Gasteiger partial charge in [-0.2, -0.15) is 0 Å². The van der Waals surface area contributed by atoms with E-state index in [2.05, 4.69) is 4.98 Å². The standard InChI is InChI=1S/C18H16ClN3O3S/c1-2-22(18-21-14-5-3-4-6-15(14)26-18)16(23)10-25-17(24)12-9-11(19)7-8-13(12)20/h3-9H,2,10,20H2,1H3. The maximum atomic E-state index is 12.5. The molecule has 3 aromatic rings. The number of rotatable bonds is 5. The number of thiazole rings is 1. The van der Waals surface area contributed by atoms with Crippen LogP contribution in [0.4, 0.5) is 10.8 Å². The lowest BCUT2D eigenvalue weighted by Crippen LogP contribution is -2.34. The van der Waals surface area contributed by atoms with E-state index < -0.39 is 12.6 Å². The molecule has 2 N–H and O–H groups in total. The van der Waals surface area contributed by atoms with E-state index in [4.69, 9.17) is 22.1 Å². The molecule has 1 aromatic heterocycles. The molecular weight excluding hydrogens is 374 g/mol. The van der Waals surface area contributed by atoms with E-state index in [-0.39, 0.29) is 17.2 Å². The second-order valence-corrected chi connectivity index (χ2v) is 6.86. The van der Waals surface area contributed by atoms with Gasteiger partial charge >= 0.3 is 5.97 Å². The third-order valence-corrected chi connectivity index (χ3v) is 4.99. The number of carbonyl (C=O) groups excluding carboxylic acids is 2. The van der Waals surface area contributed by atoms with Crippen LogP contribution < -0.4 is 10.6 Å². The van der Waals surface area contributed by atoms with E-state index in [0.29, 0.717) is 16.7 Å². The van der Waals surface area contributed by atoms with E-state index in [1.807, 2.05) is 31.2 Å². The Morgan fingerprint density at radius 3 is 2.77 bits per heavy atom. The number of hydrogen-bond acceptors (Lipinski definition) is 6. The summed E-state index contributed by atoms with van der Waals surface area (Å²) in [6, 6.07) is 12.1. The summed E-state index contributed by atoms with van der Waals surface area (Å²) in [7, 11) is 0. The zero-order valence-corrected chi connectivity index (χ0v) is 15.5. The Labute approximate surface area is 159 Å². The van der Waals surface area contributed by atoms with Crippen molar-refractivity contribution in [2.24, 2.45) is 0 Å². The topological polar surface area (TPSA) is 85.5 Å². The average Bonchev–Trinajstić information content (AvgIpc) is 3.06. The summed E-state index contributed by atoms with van der Waals surface area (Å²) in [6.45, 7) is 1.84. The summed E-state index contributed by atoms with van der Waals surface area (Å²) < 4.78 is 6.10. The minimum atomic E-state index is -0.696. The predicted octanol–water partition coefficient (Wildman–Crippen LogP) is 3.74. The third kappa shape index (κ3) is 3.79. The molecule has 1 heterocycles. The molecule has 0 unspecified atom stereocenters. The van der Waals surface area contributed by atoms with Crippen molar-refractivity contribution in [3.8, 4) is 0 Å². The highest BCUT2D eigenvalue weighted by atomic mass is 35.5. The van der Waals surface area contributed by atoms with Gasteiger partial charge < -0.3 is 10.5 Å². The average molecular weight is 390 g/mol. The molecule has 8 heteroatoms. The molecule has 2 aromatic carbocycles. The lowest BCUT2D eigenvalue weighted by Gasteiger charge is -2.17. The van der Waals surface area contributed by atoms with Crippen LogP contribution in [0.1, 0.15) is 17.3 Å². The number of fused-ring (bicyclic) bond motifs is 1. The second kappa shape index (κ2) is 7.72. The molecule has 0 aliphatic heterocycles. The first-order valence-electron chi connectivity index (χ1n) is 7.87. The van der Waals surface area contributed by atoms with Crippen molar-refractivity contribution in [1.82, 2.24) is 4.98 Å². The molecule has 0 aliphatic carbocycles. The Hall–Kier alpha value is -2.64. The lowest BCUT2D eigenvalue weighted by atomic mass is 10.2. The number of amides is 1. The predicted molar refractivity (Wildman–Crippen MR) is 104 cm³/mol. The fraction of sp³-hybridized carbons (Fsp3) is 0.167. The number of nitrogen functional groups attached to an aromatic ring is 1. The monoisotopic (exact) mass is 389 g/mol. The number of halogens is 1. The number of esters is 1. The van der Waals surface area contributed by atoms with Crippen molar-refractivity contribution in [2.45, 2.75) is 6.92 Å².